The highest BCUT2D eigenvalue weighted by atomic mass is 16.5. The number of carbonyl (C=O) groups is 1. The third-order valence-corrected chi connectivity index (χ3v) is 6.11. The Morgan fingerprint density at radius 3 is 0.867 bits per heavy atom. The standard InChI is InChI=1S/C30H19N9O6/c1-18(40)39-19-2-6-23(7-3-19)42-27-31-35-29(36-32-27)44-25-14-10-21(11-15-25)41-22-12-16-26(17-13-22)45-30-37-33-28(34-38-30)43-24-8-4-20(39)5-9-24/h2-17H,1H3. The van der Waals surface area contributed by atoms with Gasteiger partial charge >= 0.3 is 24.0 Å². The van der Waals surface area contributed by atoms with Crippen LogP contribution < -0.4 is 28.6 Å². The van der Waals surface area contributed by atoms with Gasteiger partial charge in [-0.2, -0.15) is 0 Å². The van der Waals surface area contributed by atoms with E-state index in [1.165, 1.54) is 11.8 Å². The minimum Gasteiger partial charge on any atom is -0.457 e. The van der Waals surface area contributed by atoms with Gasteiger partial charge in [-0.1, -0.05) is 40.8 Å². The molecule has 0 atom stereocenters. The average molecular weight is 602 g/mol. The lowest BCUT2D eigenvalue weighted by Gasteiger charge is -2.21. The molecular weight excluding hydrogens is 582 g/mol. The van der Waals surface area contributed by atoms with Crippen molar-refractivity contribution in [3.05, 3.63) is 97.1 Å². The van der Waals surface area contributed by atoms with Crippen molar-refractivity contribution in [2.45, 2.75) is 6.92 Å². The van der Waals surface area contributed by atoms with E-state index in [0.29, 0.717) is 45.9 Å². The Kier molecular flexibility index (Phi) is 7.13. The molecule has 16 rings (SSSR count). The first-order chi connectivity index (χ1) is 22.0. The lowest BCUT2D eigenvalue weighted by atomic mass is 10.2. The van der Waals surface area contributed by atoms with Crippen LogP contribution in [0.4, 0.5) is 11.4 Å². The van der Waals surface area contributed by atoms with E-state index in [1.807, 2.05) is 0 Å². The molecule has 0 N–H and O–H groups in total. The van der Waals surface area contributed by atoms with Crippen LogP contribution in [0.15, 0.2) is 97.1 Å². The summed E-state index contributed by atoms with van der Waals surface area (Å²) in [7, 11) is 0. The van der Waals surface area contributed by atoms with Crippen LogP contribution in [0.3, 0.4) is 0 Å². The van der Waals surface area contributed by atoms with Crippen molar-refractivity contribution in [1.29, 1.82) is 0 Å². The maximum absolute atomic E-state index is 12.6. The summed E-state index contributed by atoms with van der Waals surface area (Å²) in [6.07, 6.45) is 0. The highest BCUT2D eigenvalue weighted by Gasteiger charge is 2.16. The van der Waals surface area contributed by atoms with Crippen LogP contribution in [0.5, 0.6) is 58.5 Å². The van der Waals surface area contributed by atoms with Crippen LogP contribution in [-0.4, -0.2) is 46.7 Å². The number of amides is 1. The summed E-state index contributed by atoms with van der Waals surface area (Å²) < 4.78 is 28.5. The van der Waals surface area contributed by atoms with Crippen LogP contribution in [0, 0.1) is 0 Å². The third-order valence-electron chi connectivity index (χ3n) is 6.11. The van der Waals surface area contributed by atoms with Gasteiger partial charge in [0.1, 0.15) is 34.5 Å². The molecule has 220 valence electrons. The molecule has 12 heterocycles. The SMILES string of the molecule is CC(=O)N1c2ccc(cc2)Oc2nnc(nn2)Oc2ccc(cc2)Oc2ccc(cc2)Oc2nnc(nn2)Oc2ccc1cc2. The second kappa shape index (κ2) is 11.8. The van der Waals surface area contributed by atoms with Gasteiger partial charge in [-0.25, -0.2) is 0 Å². The fraction of sp³-hybridized carbons (Fsp3) is 0.0333. The van der Waals surface area contributed by atoms with Gasteiger partial charge in [-0.05, 0) is 97.1 Å². The summed E-state index contributed by atoms with van der Waals surface area (Å²) in [4.78, 5) is 14.1. The van der Waals surface area contributed by atoms with Crippen LogP contribution in [0.25, 0.3) is 0 Å². The molecule has 0 saturated carbocycles. The fourth-order valence-electron chi connectivity index (χ4n) is 4.13. The van der Waals surface area contributed by atoms with Gasteiger partial charge in [0.25, 0.3) is 0 Å². The summed E-state index contributed by atoms with van der Waals surface area (Å²) in [5.74, 6) is 2.63. The Morgan fingerprint density at radius 1 is 0.400 bits per heavy atom. The number of carbonyl (C=O) groups excluding carboxylic acids is 1. The molecule has 10 aliphatic rings. The molecule has 1 amide bonds. The molecule has 0 unspecified atom stereocenters. The lowest BCUT2D eigenvalue weighted by Crippen LogP contribution is -2.22. The smallest absolute Gasteiger partial charge is 0.360 e. The van der Waals surface area contributed by atoms with Gasteiger partial charge in [0.15, 0.2) is 0 Å². The van der Waals surface area contributed by atoms with Gasteiger partial charge in [-0.15, -0.1) is 0 Å². The van der Waals surface area contributed by atoms with E-state index >= 15 is 0 Å². The maximum atomic E-state index is 12.6. The van der Waals surface area contributed by atoms with E-state index in [0.717, 1.165) is 0 Å². The molecule has 10 aliphatic heterocycles. The minimum absolute atomic E-state index is 0.0702. The zero-order valence-corrected chi connectivity index (χ0v) is 23.2. The van der Waals surface area contributed by atoms with E-state index in [9.17, 15) is 4.79 Å². The first-order valence-electron chi connectivity index (χ1n) is 13.3. The molecule has 0 spiro atoms. The molecule has 12 bridgehead atoms. The monoisotopic (exact) mass is 601 g/mol. The molecule has 0 radical (unpaired) electrons. The molecule has 0 fully saturated rings. The number of ether oxygens (including phenoxy) is 5. The number of anilines is 2. The normalized spacial score (nSPS) is 12.2. The first-order valence-corrected chi connectivity index (χ1v) is 13.3. The number of rotatable bonds is 0. The predicted molar refractivity (Wildman–Crippen MR) is 154 cm³/mol. The van der Waals surface area contributed by atoms with Crippen molar-refractivity contribution in [2.24, 2.45) is 0 Å². The van der Waals surface area contributed by atoms with E-state index in [-0.39, 0.29) is 29.9 Å². The predicted octanol–water partition coefficient (Wildman–Crippen LogP) is 5.81. The van der Waals surface area contributed by atoms with E-state index in [4.69, 9.17) is 23.7 Å². The molecule has 45 heavy (non-hydrogen) atoms. The highest BCUT2D eigenvalue weighted by molar-refractivity contribution is 5.99. The summed E-state index contributed by atoms with van der Waals surface area (Å²) >= 11 is 0. The van der Waals surface area contributed by atoms with Crippen molar-refractivity contribution < 1.29 is 28.5 Å². The molecule has 2 aromatic heterocycles. The number of nitrogens with zero attached hydrogens (tertiary/aromatic N) is 9. The van der Waals surface area contributed by atoms with Crippen molar-refractivity contribution in [3.63, 3.8) is 0 Å². The first kappa shape index (κ1) is 27.1. The van der Waals surface area contributed by atoms with Crippen molar-refractivity contribution in [3.8, 4) is 58.5 Å². The largest absolute Gasteiger partial charge is 0.457 e. The summed E-state index contributed by atoms with van der Waals surface area (Å²) in [6, 6.07) is 26.8. The zero-order chi connectivity index (χ0) is 30.6. The zero-order valence-electron chi connectivity index (χ0n) is 23.2. The van der Waals surface area contributed by atoms with Gasteiger partial charge in [0.2, 0.25) is 5.91 Å². The Labute approximate surface area is 254 Å². The average Bonchev–Trinajstić information content (AvgIpc) is 3.06. The van der Waals surface area contributed by atoms with E-state index < -0.39 is 0 Å². The Bertz CT molecular complexity index is 1790. The fourth-order valence-corrected chi connectivity index (χ4v) is 4.13. The Balaban J connectivity index is 1.18. The molecule has 0 aliphatic carbocycles. The van der Waals surface area contributed by atoms with Crippen molar-refractivity contribution in [2.75, 3.05) is 4.90 Å². The minimum atomic E-state index is -0.209. The summed E-state index contributed by atoms with van der Waals surface area (Å²) in [5, 5.41) is 31.4. The lowest BCUT2D eigenvalue weighted by molar-refractivity contribution is -0.115. The van der Waals surface area contributed by atoms with Crippen molar-refractivity contribution in [1.82, 2.24) is 40.8 Å². The number of hydrogen-bond donors (Lipinski definition) is 0. The summed E-state index contributed by atoms with van der Waals surface area (Å²) in [6.45, 7) is 1.46. The highest BCUT2D eigenvalue weighted by Crippen LogP contribution is 2.31. The molecule has 6 aromatic rings. The second-order valence-corrected chi connectivity index (χ2v) is 9.23. The number of hydrogen-bond acceptors (Lipinski definition) is 14. The van der Waals surface area contributed by atoms with Gasteiger partial charge in [0, 0.05) is 18.3 Å². The van der Waals surface area contributed by atoms with Crippen molar-refractivity contribution >= 4 is 17.3 Å². The van der Waals surface area contributed by atoms with Crippen LogP contribution in [0.1, 0.15) is 6.92 Å². The summed E-state index contributed by atoms with van der Waals surface area (Å²) in [5.41, 5.74) is 1.20. The topological polar surface area (TPSA) is 170 Å². The molecule has 15 heteroatoms. The molecular formula is C30H19N9O6. The van der Waals surface area contributed by atoms with Crippen LogP contribution in [0.2, 0.25) is 0 Å². The van der Waals surface area contributed by atoms with E-state index in [2.05, 4.69) is 40.8 Å². The van der Waals surface area contributed by atoms with E-state index in [1.54, 1.807) is 97.1 Å². The van der Waals surface area contributed by atoms with Gasteiger partial charge < -0.3 is 23.7 Å². The Morgan fingerprint density at radius 2 is 0.622 bits per heavy atom. The molecule has 0 saturated heterocycles. The molecule has 15 nitrogen and oxygen atoms in total. The van der Waals surface area contributed by atoms with Gasteiger partial charge in [-0.3, -0.25) is 9.69 Å². The quantitative estimate of drug-likeness (QED) is 0.204. The number of aromatic nitrogens is 8. The maximum Gasteiger partial charge on any atom is 0.360 e. The van der Waals surface area contributed by atoms with Crippen LogP contribution in [-0.2, 0) is 4.79 Å². The second-order valence-electron chi connectivity index (χ2n) is 9.23. The number of benzene rings is 4. The van der Waals surface area contributed by atoms with Gasteiger partial charge in [0.05, 0.1) is 0 Å². The van der Waals surface area contributed by atoms with Crippen LogP contribution >= 0.6 is 0 Å². The molecule has 4 aromatic carbocycles. The third kappa shape index (κ3) is 6.36. The Hall–Kier alpha value is -6.77.